The van der Waals surface area contributed by atoms with Crippen LogP contribution in [0.1, 0.15) is 5.56 Å². The number of alkyl halides is 1. The molecule has 2 aromatic rings. The van der Waals surface area contributed by atoms with E-state index in [0.717, 1.165) is 22.1 Å². The van der Waals surface area contributed by atoms with E-state index in [0.29, 0.717) is 0 Å². The number of hydrogen-bond donors (Lipinski definition) is 1. The van der Waals surface area contributed by atoms with Crippen molar-refractivity contribution >= 4 is 32.4 Å². The molecule has 4 nitrogen and oxygen atoms in total. The van der Waals surface area contributed by atoms with Crippen molar-refractivity contribution in [2.24, 2.45) is 0 Å². The van der Waals surface area contributed by atoms with Crippen LogP contribution >= 0.6 is 11.6 Å². The molecular weight excluding hydrogens is 298 g/mol. The summed E-state index contributed by atoms with van der Waals surface area (Å²) in [6.45, 7) is 0.265. The second-order valence-electron chi connectivity index (χ2n) is 4.38. The molecule has 0 aromatic heterocycles. The summed E-state index contributed by atoms with van der Waals surface area (Å²) in [5, 5.41) is 2.09. The van der Waals surface area contributed by atoms with E-state index in [-0.39, 0.29) is 18.2 Å². The summed E-state index contributed by atoms with van der Waals surface area (Å²) >= 11 is 5.44. The van der Waals surface area contributed by atoms with E-state index in [2.05, 4.69) is 4.72 Å². The zero-order valence-corrected chi connectivity index (χ0v) is 12.7. The summed E-state index contributed by atoms with van der Waals surface area (Å²) in [7, 11) is -1.67. The summed E-state index contributed by atoms with van der Waals surface area (Å²) in [5.41, 5.74) is 0.904. The second kappa shape index (κ2) is 6.43. The van der Waals surface area contributed by atoms with Gasteiger partial charge in [0.15, 0.2) is 0 Å². The predicted octanol–water partition coefficient (Wildman–Crippen LogP) is 2.51. The van der Waals surface area contributed by atoms with Crippen LogP contribution in [-0.4, -0.2) is 27.2 Å². The van der Waals surface area contributed by atoms with Gasteiger partial charge in [-0.05, 0) is 34.5 Å². The molecule has 2 aromatic carbocycles. The van der Waals surface area contributed by atoms with E-state index in [9.17, 15) is 8.42 Å². The lowest BCUT2D eigenvalue weighted by Gasteiger charge is -2.07. The Bertz CT molecular complexity index is 701. The maximum atomic E-state index is 11.5. The van der Waals surface area contributed by atoms with Crippen LogP contribution in [0.4, 0.5) is 0 Å². The fourth-order valence-electron chi connectivity index (χ4n) is 1.88. The molecule has 0 aliphatic heterocycles. The van der Waals surface area contributed by atoms with Crippen LogP contribution in [0.25, 0.3) is 10.8 Å². The number of fused-ring (bicyclic) bond motifs is 1. The van der Waals surface area contributed by atoms with Gasteiger partial charge in [-0.1, -0.05) is 18.2 Å². The van der Waals surface area contributed by atoms with E-state index in [1.54, 1.807) is 7.11 Å². The zero-order chi connectivity index (χ0) is 14.6. The third-order valence-electron chi connectivity index (χ3n) is 2.95. The lowest BCUT2D eigenvalue weighted by Crippen LogP contribution is -2.26. The van der Waals surface area contributed by atoms with Crippen LogP contribution in [-0.2, 0) is 16.6 Å². The average Bonchev–Trinajstić information content (AvgIpc) is 2.44. The SMILES string of the molecule is COc1ccc2cc(CNS(=O)(=O)CCCl)ccc2c1. The van der Waals surface area contributed by atoms with Crippen LogP contribution in [0, 0.1) is 0 Å². The lowest BCUT2D eigenvalue weighted by atomic mass is 10.1. The normalized spacial score (nSPS) is 11.7. The Hall–Kier alpha value is -1.30. The van der Waals surface area contributed by atoms with Crippen LogP contribution < -0.4 is 9.46 Å². The first-order chi connectivity index (χ1) is 9.54. The van der Waals surface area contributed by atoms with Gasteiger partial charge in [0.1, 0.15) is 5.75 Å². The van der Waals surface area contributed by atoms with E-state index in [1.807, 2.05) is 36.4 Å². The van der Waals surface area contributed by atoms with Gasteiger partial charge in [-0.2, -0.15) is 0 Å². The first-order valence-corrected chi connectivity index (χ1v) is 8.33. The van der Waals surface area contributed by atoms with Gasteiger partial charge in [0.05, 0.1) is 12.9 Å². The molecule has 108 valence electrons. The van der Waals surface area contributed by atoms with Gasteiger partial charge in [0.25, 0.3) is 0 Å². The highest BCUT2D eigenvalue weighted by atomic mass is 35.5. The summed E-state index contributed by atoms with van der Waals surface area (Å²) in [5.74, 6) is 0.819. The van der Waals surface area contributed by atoms with Crippen molar-refractivity contribution in [2.75, 3.05) is 18.7 Å². The fraction of sp³-hybridized carbons (Fsp3) is 0.286. The molecule has 0 bridgehead atoms. The molecule has 0 aliphatic carbocycles. The minimum absolute atomic E-state index is 0.0701. The minimum atomic E-state index is -3.30. The maximum absolute atomic E-state index is 11.5. The number of nitrogens with one attached hydrogen (secondary N) is 1. The molecule has 2 rings (SSSR count). The standard InChI is InChI=1S/C14H16ClNO3S/c1-19-14-5-4-12-8-11(2-3-13(12)9-14)10-16-20(17,18)7-6-15/h2-5,8-9,16H,6-7,10H2,1H3. The lowest BCUT2D eigenvalue weighted by molar-refractivity contribution is 0.415. The van der Waals surface area contributed by atoms with Crippen LogP contribution in [0.15, 0.2) is 36.4 Å². The predicted molar refractivity (Wildman–Crippen MR) is 81.8 cm³/mol. The number of hydrogen-bond acceptors (Lipinski definition) is 3. The Morgan fingerprint density at radius 2 is 1.85 bits per heavy atom. The minimum Gasteiger partial charge on any atom is -0.497 e. The summed E-state index contributed by atoms with van der Waals surface area (Å²) in [6, 6.07) is 11.6. The molecule has 0 radical (unpaired) electrons. The quantitative estimate of drug-likeness (QED) is 0.834. The van der Waals surface area contributed by atoms with E-state index in [1.165, 1.54) is 0 Å². The molecule has 1 N–H and O–H groups in total. The average molecular weight is 314 g/mol. The molecule has 20 heavy (non-hydrogen) atoms. The van der Waals surface area contributed by atoms with Crippen molar-refractivity contribution in [1.29, 1.82) is 0 Å². The number of ether oxygens (including phenoxy) is 1. The van der Waals surface area contributed by atoms with Gasteiger partial charge in [-0.25, -0.2) is 13.1 Å². The summed E-state index contributed by atoms with van der Waals surface area (Å²) in [6.07, 6.45) is 0. The number of rotatable bonds is 6. The topological polar surface area (TPSA) is 55.4 Å². The van der Waals surface area contributed by atoms with Crippen LogP contribution in [0.5, 0.6) is 5.75 Å². The molecule has 0 spiro atoms. The molecule has 0 fully saturated rings. The highest BCUT2D eigenvalue weighted by molar-refractivity contribution is 7.89. The smallest absolute Gasteiger partial charge is 0.213 e. The Morgan fingerprint density at radius 3 is 2.55 bits per heavy atom. The highest BCUT2D eigenvalue weighted by Gasteiger charge is 2.08. The van der Waals surface area contributed by atoms with Gasteiger partial charge in [0.2, 0.25) is 10.0 Å². The summed E-state index contributed by atoms with van der Waals surface area (Å²) < 4.78 is 30.8. The molecule has 0 saturated heterocycles. The number of sulfonamides is 1. The molecule has 0 aliphatic rings. The Morgan fingerprint density at radius 1 is 1.15 bits per heavy atom. The number of methoxy groups -OCH3 is 1. The Labute approximate surface area is 123 Å². The zero-order valence-electron chi connectivity index (χ0n) is 11.1. The molecule has 0 saturated carbocycles. The number of halogens is 1. The summed E-state index contributed by atoms with van der Waals surface area (Å²) in [4.78, 5) is 0. The first-order valence-electron chi connectivity index (χ1n) is 6.14. The second-order valence-corrected chi connectivity index (χ2v) is 6.68. The van der Waals surface area contributed by atoms with Gasteiger partial charge >= 0.3 is 0 Å². The van der Waals surface area contributed by atoms with Gasteiger partial charge in [-0.15, -0.1) is 11.6 Å². The van der Waals surface area contributed by atoms with Crippen molar-refractivity contribution in [3.05, 3.63) is 42.0 Å². The van der Waals surface area contributed by atoms with E-state index < -0.39 is 10.0 Å². The first kappa shape index (κ1) is 15.1. The maximum Gasteiger partial charge on any atom is 0.213 e. The molecule has 0 heterocycles. The molecular formula is C14H16ClNO3S. The molecule has 6 heteroatoms. The van der Waals surface area contributed by atoms with Gasteiger partial charge in [0, 0.05) is 12.4 Å². The molecule has 0 amide bonds. The largest absolute Gasteiger partial charge is 0.497 e. The Kier molecular flexibility index (Phi) is 4.86. The van der Waals surface area contributed by atoms with E-state index in [4.69, 9.17) is 16.3 Å². The van der Waals surface area contributed by atoms with E-state index >= 15 is 0 Å². The van der Waals surface area contributed by atoms with Gasteiger partial charge in [-0.3, -0.25) is 0 Å². The van der Waals surface area contributed by atoms with Crippen molar-refractivity contribution in [2.45, 2.75) is 6.54 Å². The Balaban J connectivity index is 2.16. The molecule has 0 atom stereocenters. The van der Waals surface area contributed by atoms with Crippen LogP contribution in [0.3, 0.4) is 0 Å². The highest BCUT2D eigenvalue weighted by Crippen LogP contribution is 2.21. The van der Waals surface area contributed by atoms with Crippen molar-refractivity contribution in [1.82, 2.24) is 4.72 Å². The van der Waals surface area contributed by atoms with Crippen molar-refractivity contribution < 1.29 is 13.2 Å². The van der Waals surface area contributed by atoms with Crippen LogP contribution in [0.2, 0.25) is 0 Å². The molecule has 0 unspecified atom stereocenters. The van der Waals surface area contributed by atoms with Crippen molar-refractivity contribution in [3.8, 4) is 5.75 Å². The number of benzene rings is 2. The third kappa shape index (κ3) is 3.85. The fourth-order valence-corrected chi connectivity index (χ4v) is 3.22. The monoisotopic (exact) mass is 313 g/mol. The third-order valence-corrected chi connectivity index (χ3v) is 4.69. The van der Waals surface area contributed by atoms with Crippen molar-refractivity contribution in [3.63, 3.8) is 0 Å². The van der Waals surface area contributed by atoms with Gasteiger partial charge < -0.3 is 4.74 Å².